The summed E-state index contributed by atoms with van der Waals surface area (Å²) in [5.74, 6) is 0.0444. The second-order valence-electron chi connectivity index (χ2n) is 4.10. The minimum Gasteiger partial charge on any atom is -0.386 e. The van der Waals surface area contributed by atoms with Crippen LogP contribution < -0.4 is 5.32 Å². The molecule has 1 rings (SSSR count). The van der Waals surface area contributed by atoms with E-state index in [1.807, 2.05) is 37.6 Å². The van der Waals surface area contributed by atoms with E-state index >= 15 is 0 Å². The van der Waals surface area contributed by atoms with Crippen molar-refractivity contribution in [3.8, 4) is 0 Å². The number of nitrogens with one attached hydrogen (secondary N) is 1. The Kier molecular flexibility index (Phi) is 3.47. The Labute approximate surface area is 88.6 Å². The fourth-order valence-corrected chi connectivity index (χ4v) is 1.51. The predicted octanol–water partition coefficient (Wildman–Crippen LogP) is 2.83. The third-order valence-corrected chi connectivity index (χ3v) is 2.24. The van der Waals surface area contributed by atoms with Crippen LogP contribution in [0.4, 0.5) is 0 Å². The van der Waals surface area contributed by atoms with Crippen molar-refractivity contribution in [2.45, 2.75) is 26.3 Å². The van der Waals surface area contributed by atoms with Crippen LogP contribution in [0, 0.1) is 0 Å². The van der Waals surface area contributed by atoms with Crippen LogP contribution in [0.5, 0.6) is 0 Å². The molecule has 0 unspecified atom stereocenters. The lowest BCUT2D eigenvalue weighted by molar-refractivity contribution is 0.104. The molecule has 1 aromatic rings. The van der Waals surface area contributed by atoms with Gasteiger partial charge in [-0.05, 0) is 32.2 Å². The Morgan fingerprint density at radius 2 is 2.21 bits per heavy atom. The normalized spacial score (nSPS) is 11.9. The number of thiophene rings is 1. The highest BCUT2D eigenvalue weighted by atomic mass is 32.1. The molecule has 0 aromatic carbocycles. The van der Waals surface area contributed by atoms with E-state index in [1.165, 1.54) is 11.3 Å². The topological polar surface area (TPSA) is 29.1 Å². The summed E-state index contributed by atoms with van der Waals surface area (Å²) in [6.07, 6.45) is 3.27. The molecule has 1 aromatic heterocycles. The van der Waals surface area contributed by atoms with Gasteiger partial charge in [-0.25, -0.2) is 0 Å². The first-order valence-electron chi connectivity index (χ1n) is 4.50. The van der Waals surface area contributed by atoms with Crippen LogP contribution in [0.15, 0.2) is 29.1 Å². The van der Waals surface area contributed by atoms with Gasteiger partial charge in [-0.15, -0.1) is 0 Å². The molecule has 0 atom stereocenters. The molecule has 0 saturated carbocycles. The summed E-state index contributed by atoms with van der Waals surface area (Å²) < 4.78 is 0. The molecule has 0 aliphatic carbocycles. The third-order valence-electron chi connectivity index (χ3n) is 1.56. The van der Waals surface area contributed by atoms with Crippen LogP contribution in [0.1, 0.15) is 31.1 Å². The van der Waals surface area contributed by atoms with E-state index in [2.05, 4.69) is 5.32 Å². The average molecular weight is 209 g/mol. The van der Waals surface area contributed by atoms with E-state index in [1.54, 1.807) is 12.3 Å². The first-order valence-corrected chi connectivity index (χ1v) is 5.44. The van der Waals surface area contributed by atoms with Gasteiger partial charge in [0.1, 0.15) is 0 Å². The zero-order valence-electron chi connectivity index (χ0n) is 8.70. The monoisotopic (exact) mass is 209 g/mol. The van der Waals surface area contributed by atoms with Gasteiger partial charge in [-0.2, -0.15) is 11.3 Å². The summed E-state index contributed by atoms with van der Waals surface area (Å²) in [6, 6.07) is 1.83. The number of rotatable bonds is 3. The number of hydrogen-bond acceptors (Lipinski definition) is 3. The molecular weight excluding hydrogens is 194 g/mol. The molecule has 0 spiro atoms. The molecule has 1 N–H and O–H groups in total. The number of hydrogen-bond donors (Lipinski definition) is 1. The highest BCUT2D eigenvalue weighted by Gasteiger charge is 2.05. The number of carbonyl (C=O) groups excluding carboxylic acids is 1. The lowest BCUT2D eigenvalue weighted by Crippen LogP contribution is -2.31. The number of carbonyl (C=O) groups is 1. The highest BCUT2D eigenvalue weighted by molar-refractivity contribution is 7.08. The zero-order chi connectivity index (χ0) is 10.6. The molecule has 0 aliphatic rings. The minimum absolute atomic E-state index is 0.00538. The zero-order valence-corrected chi connectivity index (χ0v) is 9.52. The molecule has 14 heavy (non-hydrogen) atoms. The largest absolute Gasteiger partial charge is 0.386 e. The molecule has 0 amide bonds. The fraction of sp³-hybridized carbons (Fsp3) is 0.364. The standard InChI is InChI=1S/C11H15NOS/c1-11(2,3)12-6-4-10(13)9-5-7-14-8-9/h4-8,12H,1-3H3/b6-4+. The van der Waals surface area contributed by atoms with Gasteiger partial charge in [0, 0.05) is 28.8 Å². The van der Waals surface area contributed by atoms with Gasteiger partial charge in [-0.1, -0.05) is 0 Å². The summed E-state index contributed by atoms with van der Waals surface area (Å²) >= 11 is 1.53. The molecule has 2 nitrogen and oxygen atoms in total. The summed E-state index contributed by atoms with van der Waals surface area (Å²) in [5.41, 5.74) is 0.757. The lowest BCUT2D eigenvalue weighted by Gasteiger charge is -2.18. The van der Waals surface area contributed by atoms with Crippen molar-refractivity contribution in [1.29, 1.82) is 0 Å². The van der Waals surface area contributed by atoms with Crippen molar-refractivity contribution in [2.24, 2.45) is 0 Å². The van der Waals surface area contributed by atoms with Crippen LogP contribution in [-0.2, 0) is 0 Å². The number of allylic oxidation sites excluding steroid dienone is 1. The second-order valence-corrected chi connectivity index (χ2v) is 4.88. The predicted molar refractivity (Wildman–Crippen MR) is 60.7 cm³/mol. The van der Waals surface area contributed by atoms with Crippen LogP contribution in [0.3, 0.4) is 0 Å². The van der Waals surface area contributed by atoms with Gasteiger partial charge in [0.25, 0.3) is 0 Å². The molecule has 3 heteroatoms. The van der Waals surface area contributed by atoms with E-state index in [9.17, 15) is 4.79 Å². The SMILES string of the molecule is CC(C)(C)N/C=C/C(=O)c1ccsc1. The fourth-order valence-electron chi connectivity index (χ4n) is 0.868. The van der Waals surface area contributed by atoms with Crippen LogP contribution >= 0.6 is 11.3 Å². The van der Waals surface area contributed by atoms with Gasteiger partial charge in [0.05, 0.1) is 0 Å². The molecule has 0 fully saturated rings. The van der Waals surface area contributed by atoms with E-state index in [-0.39, 0.29) is 11.3 Å². The smallest absolute Gasteiger partial charge is 0.188 e. The maximum Gasteiger partial charge on any atom is 0.188 e. The van der Waals surface area contributed by atoms with E-state index in [0.29, 0.717) is 0 Å². The van der Waals surface area contributed by atoms with Gasteiger partial charge in [-0.3, -0.25) is 4.79 Å². The molecular formula is C11H15NOS. The Hall–Kier alpha value is -1.09. The molecule has 0 bridgehead atoms. The minimum atomic E-state index is 0.00538. The van der Waals surface area contributed by atoms with Crippen molar-refractivity contribution >= 4 is 17.1 Å². The van der Waals surface area contributed by atoms with E-state index < -0.39 is 0 Å². The van der Waals surface area contributed by atoms with Crippen molar-refractivity contribution in [3.63, 3.8) is 0 Å². The Bertz CT molecular complexity index is 320. The van der Waals surface area contributed by atoms with Crippen molar-refractivity contribution in [3.05, 3.63) is 34.7 Å². The Morgan fingerprint density at radius 3 is 2.71 bits per heavy atom. The lowest BCUT2D eigenvalue weighted by atomic mass is 10.1. The van der Waals surface area contributed by atoms with Gasteiger partial charge >= 0.3 is 0 Å². The summed E-state index contributed by atoms with van der Waals surface area (Å²) in [6.45, 7) is 6.14. The van der Waals surface area contributed by atoms with Gasteiger partial charge < -0.3 is 5.32 Å². The summed E-state index contributed by atoms with van der Waals surface area (Å²) in [5, 5.41) is 6.87. The first kappa shape index (κ1) is 11.0. The van der Waals surface area contributed by atoms with Crippen molar-refractivity contribution < 1.29 is 4.79 Å². The Balaban J connectivity index is 2.50. The third kappa shape index (κ3) is 3.75. The maximum atomic E-state index is 11.5. The van der Waals surface area contributed by atoms with Crippen LogP contribution in [-0.4, -0.2) is 11.3 Å². The summed E-state index contributed by atoms with van der Waals surface area (Å²) in [4.78, 5) is 11.5. The maximum absolute atomic E-state index is 11.5. The first-order chi connectivity index (χ1) is 6.49. The van der Waals surface area contributed by atoms with Crippen molar-refractivity contribution in [2.75, 3.05) is 0 Å². The quantitative estimate of drug-likeness (QED) is 0.612. The van der Waals surface area contributed by atoms with Crippen LogP contribution in [0.25, 0.3) is 0 Å². The molecule has 0 radical (unpaired) electrons. The second kappa shape index (κ2) is 4.42. The summed E-state index contributed by atoms with van der Waals surface area (Å²) in [7, 11) is 0. The van der Waals surface area contributed by atoms with Gasteiger partial charge in [0.2, 0.25) is 0 Å². The average Bonchev–Trinajstić information content (AvgIpc) is 2.53. The Morgan fingerprint density at radius 1 is 1.50 bits per heavy atom. The molecule has 0 aliphatic heterocycles. The van der Waals surface area contributed by atoms with Gasteiger partial charge in [0.15, 0.2) is 5.78 Å². The number of ketones is 1. The molecule has 1 heterocycles. The van der Waals surface area contributed by atoms with E-state index in [0.717, 1.165) is 5.56 Å². The highest BCUT2D eigenvalue weighted by Crippen LogP contribution is 2.07. The van der Waals surface area contributed by atoms with Crippen LogP contribution in [0.2, 0.25) is 0 Å². The molecule has 0 saturated heterocycles. The van der Waals surface area contributed by atoms with Crippen molar-refractivity contribution in [1.82, 2.24) is 5.32 Å². The molecule has 76 valence electrons. The van der Waals surface area contributed by atoms with E-state index in [4.69, 9.17) is 0 Å².